The van der Waals surface area contributed by atoms with Crippen molar-refractivity contribution >= 4 is 61.5 Å². The number of ether oxygens (including phenoxy) is 2. The van der Waals surface area contributed by atoms with Crippen molar-refractivity contribution in [3.05, 3.63) is 88.6 Å². The number of halogens is 2. The minimum Gasteiger partial charge on any atom is -0.497 e. The lowest BCUT2D eigenvalue weighted by atomic mass is 10.0. The molecule has 0 saturated heterocycles. The molecule has 39 heavy (non-hydrogen) atoms. The van der Waals surface area contributed by atoms with Crippen LogP contribution in [-0.4, -0.2) is 43.0 Å². The predicted octanol–water partition coefficient (Wildman–Crippen LogP) is 5.76. The Morgan fingerprint density at radius 3 is 2.44 bits per heavy atom. The summed E-state index contributed by atoms with van der Waals surface area (Å²) < 4.78 is 37.7. The summed E-state index contributed by atoms with van der Waals surface area (Å²) in [6.07, 6.45) is 1.86. The molecule has 0 atom stereocenters. The molecule has 0 aliphatic carbocycles. The quantitative estimate of drug-likeness (QED) is 0.185. The number of benzene rings is 3. The Labute approximate surface area is 235 Å². The maximum absolute atomic E-state index is 13.1. The molecular formula is C27H23Cl2N3O6S. The van der Waals surface area contributed by atoms with Gasteiger partial charge in [-0.05, 0) is 66.6 Å². The molecule has 1 aromatic heterocycles. The lowest BCUT2D eigenvalue weighted by Crippen LogP contribution is -2.20. The van der Waals surface area contributed by atoms with E-state index < -0.39 is 22.5 Å². The molecule has 9 nitrogen and oxygen atoms in total. The zero-order valence-electron chi connectivity index (χ0n) is 20.9. The first kappa shape index (κ1) is 28.2. The first-order chi connectivity index (χ1) is 18.6. The average molecular weight is 588 g/mol. The van der Waals surface area contributed by atoms with Crippen LogP contribution < -0.4 is 14.8 Å². The number of allylic oxidation sites excluding steroid dienone is 1. The molecule has 0 spiro atoms. The van der Waals surface area contributed by atoms with Crippen molar-refractivity contribution in [1.29, 1.82) is 0 Å². The van der Waals surface area contributed by atoms with Crippen LogP contribution in [0.1, 0.15) is 23.7 Å². The highest BCUT2D eigenvalue weighted by molar-refractivity contribution is 7.90. The van der Waals surface area contributed by atoms with Crippen LogP contribution in [0.4, 0.5) is 5.69 Å². The van der Waals surface area contributed by atoms with E-state index in [0.29, 0.717) is 34.3 Å². The van der Waals surface area contributed by atoms with Crippen molar-refractivity contribution in [2.24, 2.45) is 0 Å². The number of aromatic nitrogens is 2. The minimum atomic E-state index is -3.95. The smallest absolute Gasteiger partial charge is 0.283 e. The fourth-order valence-electron chi connectivity index (χ4n) is 3.64. The number of methoxy groups -OCH3 is 1. The number of anilines is 1. The molecule has 1 N–H and O–H groups in total. The van der Waals surface area contributed by atoms with Crippen molar-refractivity contribution in [1.82, 2.24) is 9.19 Å². The number of nitrogens with one attached hydrogen (secondary N) is 1. The molecule has 4 rings (SSSR count). The Morgan fingerprint density at radius 1 is 1.05 bits per heavy atom. The molecule has 4 aromatic rings. The van der Waals surface area contributed by atoms with Crippen LogP contribution in [0, 0.1) is 0 Å². The Balaban J connectivity index is 1.45. The van der Waals surface area contributed by atoms with Gasteiger partial charge in [0.15, 0.2) is 12.4 Å². The van der Waals surface area contributed by atoms with Gasteiger partial charge in [-0.3, -0.25) is 9.59 Å². The number of hydrogen-bond donors (Lipinski definition) is 1. The summed E-state index contributed by atoms with van der Waals surface area (Å²) >= 11 is 12.5. The SMILES string of the molecule is C=C(CC)C(=O)c1ccc(OCC(=O)Nc2ccc3c(cnn3S(=O)(=O)c3ccc(OC)cc3)c2)c(Cl)c1Cl. The van der Waals surface area contributed by atoms with Gasteiger partial charge in [-0.2, -0.15) is 17.6 Å². The summed E-state index contributed by atoms with van der Waals surface area (Å²) in [6, 6.07) is 13.6. The predicted molar refractivity (Wildman–Crippen MR) is 150 cm³/mol. The van der Waals surface area contributed by atoms with Crippen LogP contribution in [-0.2, 0) is 14.8 Å². The second-order valence-electron chi connectivity index (χ2n) is 8.30. The number of hydrogen-bond acceptors (Lipinski definition) is 7. The first-order valence-corrected chi connectivity index (χ1v) is 13.8. The summed E-state index contributed by atoms with van der Waals surface area (Å²) in [5.41, 5.74) is 1.33. The van der Waals surface area contributed by atoms with E-state index in [1.54, 1.807) is 31.2 Å². The fourth-order valence-corrected chi connectivity index (χ4v) is 5.37. The van der Waals surface area contributed by atoms with Crippen molar-refractivity contribution < 1.29 is 27.5 Å². The third kappa shape index (κ3) is 5.78. The number of Topliss-reactive ketones (excluding diaryl/α,β-unsaturated/α-hetero) is 1. The van der Waals surface area contributed by atoms with Gasteiger partial charge in [0, 0.05) is 16.6 Å². The molecule has 1 amide bonds. The van der Waals surface area contributed by atoms with Crippen LogP contribution in [0.25, 0.3) is 10.9 Å². The number of rotatable bonds is 10. The van der Waals surface area contributed by atoms with E-state index in [2.05, 4.69) is 17.0 Å². The zero-order valence-corrected chi connectivity index (χ0v) is 23.2. The van der Waals surface area contributed by atoms with Crippen LogP contribution in [0.2, 0.25) is 10.0 Å². The maximum Gasteiger partial charge on any atom is 0.283 e. The number of carbonyl (C=O) groups excluding carboxylic acids is 2. The average Bonchev–Trinajstić information content (AvgIpc) is 3.37. The van der Waals surface area contributed by atoms with Crippen molar-refractivity contribution in [2.45, 2.75) is 18.2 Å². The summed E-state index contributed by atoms with van der Waals surface area (Å²) in [4.78, 5) is 25.0. The molecule has 3 aromatic carbocycles. The van der Waals surface area contributed by atoms with E-state index in [9.17, 15) is 18.0 Å². The van der Waals surface area contributed by atoms with Gasteiger partial charge in [-0.15, -0.1) is 0 Å². The molecule has 0 fully saturated rings. The van der Waals surface area contributed by atoms with Crippen molar-refractivity contribution in [3.8, 4) is 11.5 Å². The number of nitrogens with zero attached hydrogens (tertiary/aromatic N) is 2. The zero-order chi connectivity index (χ0) is 28.3. The number of amides is 1. The van der Waals surface area contributed by atoms with Crippen LogP contribution in [0.3, 0.4) is 0 Å². The van der Waals surface area contributed by atoms with E-state index in [1.165, 1.54) is 43.6 Å². The molecule has 0 radical (unpaired) electrons. The highest BCUT2D eigenvalue weighted by atomic mass is 35.5. The van der Waals surface area contributed by atoms with Crippen LogP contribution in [0.15, 0.2) is 77.8 Å². The third-order valence-corrected chi connectivity index (χ3v) is 8.28. The summed E-state index contributed by atoms with van der Waals surface area (Å²) in [6.45, 7) is 5.13. The van der Waals surface area contributed by atoms with E-state index in [1.807, 2.05) is 0 Å². The van der Waals surface area contributed by atoms with E-state index >= 15 is 0 Å². The molecular weight excluding hydrogens is 565 g/mol. The van der Waals surface area contributed by atoms with Gasteiger partial charge in [0.2, 0.25) is 0 Å². The van der Waals surface area contributed by atoms with E-state index in [4.69, 9.17) is 32.7 Å². The standard InChI is InChI=1S/C27H23Cl2N3O6S/c1-4-16(2)27(34)21-10-12-23(26(29)25(21)28)38-15-24(33)31-18-5-11-22-17(13-18)14-30-32(22)39(35,36)20-8-6-19(37-3)7-9-20/h5-14H,2,4,15H2,1,3H3,(H,31,33). The van der Waals surface area contributed by atoms with Gasteiger partial charge in [-0.25, -0.2) is 0 Å². The lowest BCUT2D eigenvalue weighted by molar-refractivity contribution is -0.118. The molecule has 202 valence electrons. The molecule has 0 bridgehead atoms. The van der Waals surface area contributed by atoms with Gasteiger partial charge in [0.1, 0.15) is 16.5 Å². The van der Waals surface area contributed by atoms with Crippen LogP contribution in [0.5, 0.6) is 11.5 Å². The molecule has 12 heteroatoms. The van der Waals surface area contributed by atoms with Crippen molar-refractivity contribution in [2.75, 3.05) is 19.0 Å². The minimum absolute atomic E-state index is 0.00567. The fraction of sp³-hybridized carbons (Fsp3) is 0.148. The van der Waals surface area contributed by atoms with Gasteiger partial charge in [0.25, 0.3) is 15.9 Å². The molecule has 0 aliphatic heterocycles. The van der Waals surface area contributed by atoms with E-state index in [-0.39, 0.29) is 32.0 Å². The lowest BCUT2D eigenvalue weighted by Gasteiger charge is -2.12. The maximum atomic E-state index is 13.1. The number of fused-ring (bicyclic) bond motifs is 1. The van der Waals surface area contributed by atoms with Gasteiger partial charge in [0.05, 0.1) is 28.7 Å². The Morgan fingerprint density at radius 2 is 1.77 bits per heavy atom. The molecule has 0 saturated carbocycles. The van der Waals surface area contributed by atoms with Gasteiger partial charge >= 0.3 is 0 Å². The molecule has 0 aliphatic rings. The van der Waals surface area contributed by atoms with Gasteiger partial charge in [-0.1, -0.05) is 36.7 Å². The summed E-state index contributed by atoms with van der Waals surface area (Å²) in [5.74, 6) is -0.154. The monoisotopic (exact) mass is 587 g/mol. The largest absolute Gasteiger partial charge is 0.497 e. The topological polar surface area (TPSA) is 117 Å². The normalized spacial score (nSPS) is 11.3. The number of ketones is 1. The second kappa shape index (κ2) is 11.5. The highest BCUT2D eigenvalue weighted by Crippen LogP contribution is 2.36. The number of carbonyl (C=O) groups is 2. The summed E-state index contributed by atoms with van der Waals surface area (Å²) in [5, 5.41) is 7.23. The van der Waals surface area contributed by atoms with Crippen LogP contribution >= 0.6 is 23.2 Å². The Kier molecular flexibility index (Phi) is 8.29. The molecule has 0 unspecified atom stereocenters. The Bertz CT molecular complexity index is 1700. The molecule has 1 heterocycles. The van der Waals surface area contributed by atoms with E-state index in [0.717, 1.165) is 4.09 Å². The summed E-state index contributed by atoms with van der Waals surface area (Å²) in [7, 11) is -2.46. The third-order valence-electron chi connectivity index (χ3n) is 5.80. The highest BCUT2D eigenvalue weighted by Gasteiger charge is 2.21. The van der Waals surface area contributed by atoms with Crippen molar-refractivity contribution in [3.63, 3.8) is 0 Å². The van der Waals surface area contributed by atoms with Gasteiger partial charge < -0.3 is 14.8 Å². The Hall–Kier alpha value is -3.86. The second-order valence-corrected chi connectivity index (χ2v) is 10.8. The first-order valence-electron chi connectivity index (χ1n) is 11.6.